The van der Waals surface area contributed by atoms with Gasteiger partial charge in [-0.25, -0.2) is 9.80 Å². The number of amides is 2. The Morgan fingerprint density at radius 2 is 1.79 bits per heavy atom. The van der Waals surface area contributed by atoms with Crippen molar-refractivity contribution in [3.05, 3.63) is 59.7 Å². The first kappa shape index (κ1) is 20.4. The molecular formula is C20H19N3O5S. The van der Waals surface area contributed by atoms with Crippen molar-refractivity contribution in [2.24, 2.45) is 5.10 Å². The van der Waals surface area contributed by atoms with Gasteiger partial charge in [-0.3, -0.25) is 9.59 Å². The monoisotopic (exact) mass is 413 g/mol. The summed E-state index contributed by atoms with van der Waals surface area (Å²) in [5, 5.41) is 7.87. The predicted octanol–water partition coefficient (Wildman–Crippen LogP) is 2.92. The van der Waals surface area contributed by atoms with Crippen LogP contribution in [-0.2, 0) is 9.59 Å². The molecule has 2 amide bonds. The van der Waals surface area contributed by atoms with E-state index in [4.69, 9.17) is 9.47 Å². The van der Waals surface area contributed by atoms with Crippen molar-refractivity contribution < 1.29 is 23.9 Å². The SMILES string of the molecule is COc1cc([C@H]2SC(NC(C)=O)=NN2C(C)=O)ccc1OC(=O)c1ccccc1. The Kier molecular flexibility index (Phi) is 6.18. The van der Waals surface area contributed by atoms with E-state index in [-0.39, 0.29) is 17.6 Å². The minimum Gasteiger partial charge on any atom is -0.493 e. The number of esters is 1. The first-order chi connectivity index (χ1) is 13.9. The third-order valence-corrected chi connectivity index (χ3v) is 5.04. The lowest BCUT2D eigenvalue weighted by atomic mass is 10.2. The summed E-state index contributed by atoms with van der Waals surface area (Å²) in [6.45, 7) is 2.76. The molecule has 9 heteroatoms. The third-order valence-electron chi connectivity index (χ3n) is 3.93. The predicted molar refractivity (Wildman–Crippen MR) is 108 cm³/mol. The number of methoxy groups -OCH3 is 1. The molecule has 0 spiro atoms. The first-order valence-electron chi connectivity index (χ1n) is 8.67. The Morgan fingerprint density at radius 1 is 1.07 bits per heavy atom. The number of ether oxygens (including phenoxy) is 2. The molecule has 150 valence electrons. The van der Waals surface area contributed by atoms with E-state index < -0.39 is 11.3 Å². The molecule has 2 aromatic carbocycles. The van der Waals surface area contributed by atoms with Crippen molar-refractivity contribution in [2.75, 3.05) is 7.11 Å². The molecule has 3 rings (SSSR count). The number of carbonyl (C=O) groups is 3. The molecule has 0 bridgehead atoms. The maximum atomic E-state index is 12.3. The van der Waals surface area contributed by atoms with Crippen LogP contribution in [0, 0.1) is 0 Å². The van der Waals surface area contributed by atoms with Crippen LogP contribution in [0.1, 0.15) is 35.1 Å². The maximum absolute atomic E-state index is 12.3. The van der Waals surface area contributed by atoms with E-state index in [1.165, 1.54) is 37.7 Å². The van der Waals surface area contributed by atoms with Gasteiger partial charge in [-0.15, -0.1) is 5.10 Å². The summed E-state index contributed by atoms with van der Waals surface area (Å²) < 4.78 is 10.8. The first-order valence-corrected chi connectivity index (χ1v) is 9.55. The number of amidine groups is 1. The lowest BCUT2D eigenvalue weighted by Crippen LogP contribution is -2.25. The molecule has 0 fully saturated rings. The van der Waals surface area contributed by atoms with Gasteiger partial charge in [-0.1, -0.05) is 36.0 Å². The molecule has 1 N–H and O–H groups in total. The lowest BCUT2D eigenvalue weighted by Gasteiger charge is -2.20. The van der Waals surface area contributed by atoms with E-state index in [0.29, 0.717) is 22.0 Å². The zero-order valence-electron chi connectivity index (χ0n) is 16.0. The van der Waals surface area contributed by atoms with Gasteiger partial charge in [0, 0.05) is 13.8 Å². The van der Waals surface area contributed by atoms with Gasteiger partial charge in [-0.2, -0.15) is 0 Å². The second-order valence-electron chi connectivity index (χ2n) is 6.09. The highest BCUT2D eigenvalue weighted by atomic mass is 32.2. The zero-order chi connectivity index (χ0) is 21.0. The van der Waals surface area contributed by atoms with Gasteiger partial charge in [0.05, 0.1) is 12.7 Å². The molecule has 2 aromatic rings. The van der Waals surface area contributed by atoms with E-state index in [2.05, 4.69) is 10.4 Å². The molecule has 0 unspecified atom stereocenters. The highest BCUT2D eigenvalue weighted by molar-refractivity contribution is 8.14. The molecule has 1 aliphatic heterocycles. The summed E-state index contributed by atoms with van der Waals surface area (Å²) in [6.07, 6.45) is 0. The molecule has 0 aromatic heterocycles. The van der Waals surface area contributed by atoms with Gasteiger partial charge in [0.2, 0.25) is 11.8 Å². The normalized spacial score (nSPS) is 15.5. The van der Waals surface area contributed by atoms with Crippen LogP contribution in [-0.4, -0.2) is 35.1 Å². The molecular weight excluding hydrogens is 394 g/mol. The molecule has 0 saturated heterocycles. The number of carbonyl (C=O) groups excluding carboxylic acids is 3. The van der Waals surface area contributed by atoms with Crippen LogP contribution in [0.15, 0.2) is 53.6 Å². The second-order valence-corrected chi connectivity index (χ2v) is 7.15. The van der Waals surface area contributed by atoms with Crippen LogP contribution in [0.25, 0.3) is 0 Å². The second kappa shape index (κ2) is 8.78. The fourth-order valence-electron chi connectivity index (χ4n) is 2.63. The summed E-state index contributed by atoms with van der Waals surface area (Å²) in [5.41, 5.74) is 1.12. The molecule has 0 aliphatic carbocycles. The highest BCUT2D eigenvalue weighted by Gasteiger charge is 2.33. The van der Waals surface area contributed by atoms with Crippen molar-refractivity contribution in [3.8, 4) is 11.5 Å². The standard InChI is InChI=1S/C20H19N3O5S/c1-12(24)21-20-22-23(13(2)25)18(29-20)15-9-10-16(17(11-15)27-3)28-19(26)14-7-5-4-6-8-14/h4-11,18H,1-3H3,(H,21,22,24)/t18-/m1/s1. The Balaban J connectivity index is 1.83. The molecule has 1 aliphatic rings. The highest BCUT2D eigenvalue weighted by Crippen LogP contribution is 2.41. The van der Waals surface area contributed by atoms with Gasteiger partial charge in [0.25, 0.3) is 0 Å². The number of hydrogen-bond donors (Lipinski definition) is 1. The summed E-state index contributed by atoms with van der Waals surface area (Å²) in [7, 11) is 1.46. The number of hydrazone groups is 1. The average molecular weight is 413 g/mol. The van der Waals surface area contributed by atoms with E-state index in [1.54, 1.807) is 42.5 Å². The van der Waals surface area contributed by atoms with Gasteiger partial charge in [-0.05, 0) is 29.8 Å². The van der Waals surface area contributed by atoms with Crippen LogP contribution in [0.4, 0.5) is 0 Å². The van der Waals surface area contributed by atoms with E-state index in [1.807, 2.05) is 6.07 Å². The van der Waals surface area contributed by atoms with E-state index >= 15 is 0 Å². The quantitative estimate of drug-likeness (QED) is 0.611. The Hall–Kier alpha value is -3.33. The van der Waals surface area contributed by atoms with Crippen LogP contribution in [0.5, 0.6) is 11.5 Å². The number of hydrogen-bond acceptors (Lipinski definition) is 7. The maximum Gasteiger partial charge on any atom is 0.343 e. The van der Waals surface area contributed by atoms with Crippen molar-refractivity contribution in [3.63, 3.8) is 0 Å². The summed E-state index contributed by atoms with van der Waals surface area (Å²) >= 11 is 1.22. The molecule has 0 saturated carbocycles. The average Bonchev–Trinajstić information content (AvgIpc) is 3.12. The van der Waals surface area contributed by atoms with Gasteiger partial charge >= 0.3 is 5.97 Å². The zero-order valence-corrected chi connectivity index (χ0v) is 16.9. The Bertz CT molecular complexity index is 977. The molecule has 8 nitrogen and oxygen atoms in total. The number of benzene rings is 2. The minimum atomic E-state index is -0.506. The number of rotatable bonds is 4. The van der Waals surface area contributed by atoms with E-state index in [0.717, 1.165) is 0 Å². The van der Waals surface area contributed by atoms with Crippen LogP contribution in [0.3, 0.4) is 0 Å². The molecule has 0 radical (unpaired) electrons. The number of nitrogens with zero attached hydrogens (tertiary/aromatic N) is 2. The lowest BCUT2D eigenvalue weighted by molar-refractivity contribution is -0.129. The summed E-state index contributed by atoms with van der Waals surface area (Å²) in [5.74, 6) is -0.467. The fourth-order valence-corrected chi connectivity index (χ4v) is 3.76. The summed E-state index contributed by atoms with van der Waals surface area (Å²) in [6, 6.07) is 13.6. The number of nitrogens with one attached hydrogen (secondary N) is 1. The van der Waals surface area contributed by atoms with Crippen LogP contribution >= 0.6 is 11.8 Å². The fraction of sp³-hybridized carbons (Fsp3) is 0.200. The Labute approximate surface area is 171 Å². The molecule has 1 heterocycles. The largest absolute Gasteiger partial charge is 0.493 e. The van der Waals surface area contributed by atoms with Crippen LogP contribution < -0.4 is 14.8 Å². The Morgan fingerprint density at radius 3 is 2.41 bits per heavy atom. The molecule has 29 heavy (non-hydrogen) atoms. The smallest absolute Gasteiger partial charge is 0.343 e. The van der Waals surface area contributed by atoms with Gasteiger partial charge in [0.1, 0.15) is 5.37 Å². The van der Waals surface area contributed by atoms with Crippen molar-refractivity contribution >= 4 is 34.7 Å². The molecule has 1 atom stereocenters. The topological polar surface area (TPSA) is 97.3 Å². The number of thioether (sulfide) groups is 1. The summed E-state index contributed by atoms with van der Waals surface area (Å²) in [4.78, 5) is 35.6. The van der Waals surface area contributed by atoms with Gasteiger partial charge < -0.3 is 14.8 Å². The van der Waals surface area contributed by atoms with E-state index in [9.17, 15) is 14.4 Å². The van der Waals surface area contributed by atoms with Crippen molar-refractivity contribution in [2.45, 2.75) is 19.2 Å². The van der Waals surface area contributed by atoms with Crippen molar-refractivity contribution in [1.82, 2.24) is 10.3 Å². The minimum absolute atomic E-state index is 0.255. The third kappa shape index (κ3) is 4.75. The van der Waals surface area contributed by atoms with Gasteiger partial charge in [0.15, 0.2) is 16.7 Å². The van der Waals surface area contributed by atoms with Crippen molar-refractivity contribution in [1.29, 1.82) is 0 Å². The van der Waals surface area contributed by atoms with Crippen LogP contribution in [0.2, 0.25) is 0 Å².